The number of aliphatic hydroxyl groups is 1. The van der Waals surface area contributed by atoms with Gasteiger partial charge in [-0.25, -0.2) is 15.0 Å². The number of nitrogens with zero attached hydrogens (tertiary/aromatic N) is 6. The average molecular weight is 1020 g/mol. The van der Waals surface area contributed by atoms with Crippen molar-refractivity contribution in [3.8, 4) is 16.2 Å². The third-order valence-electron chi connectivity index (χ3n) is 13.4. The molecule has 5 heterocycles. The van der Waals surface area contributed by atoms with E-state index in [2.05, 4.69) is 46.4 Å². The predicted molar refractivity (Wildman–Crippen MR) is 284 cm³/mol. The van der Waals surface area contributed by atoms with Gasteiger partial charge in [-0.1, -0.05) is 70.0 Å². The number of para-hydroxylation sites is 2. The van der Waals surface area contributed by atoms with Crippen molar-refractivity contribution in [1.29, 1.82) is 0 Å². The van der Waals surface area contributed by atoms with Crippen molar-refractivity contribution < 1.29 is 33.8 Å². The molecule has 73 heavy (non-hydrogen) atoms. The number of thiazole rings is 1. The SMILES string of the molecule is CNC(=O)c1cnc(Nc2ccc(N3CCN(C(=O)CCCCCCC(=O)N[C@H](C(=O)N4C[C@H](O)C[C@H]4C(=O)N[C@@H](C)c4ccc(-c5scnc5C)cc4)C(C)(C)C)CC3)cn2)cc1Nc1ccccc1OC. The van der Waals surface area contributed by atoms with Gasteiger partial charge < -0.3 is 51.1 Å². The van der Waals surface area contributed by atoms with Crippen LogP contribution in [0.3, 0.4) is 0 Å². The van der Waals surface area contributed by atoms with Gasteiger partial charge in [-0.15, -0.1) is 11.3 Å². The van der Waals surface area contributed by atoms with Crippen LogP contribution in [0, 0.1) is 12.3 Å². The zero-order valence-corrected chi connectivity index (χ0v) is 43.7. The van der Waals surface area contributed by atoms with Crippen molar-refractivity contribution in [3.63, 3.8) is 0 Å². The van der Waals surface area contributed by atoms with Crippen molar-refractivity contribution in [2.45, 2.75) is 104 Å². The minimum atomic E-state index is -0.903. The minimum absolute atomic E-state index is 0.000612. The van der Waals surface area contributed by atoms with Crippen molar-refractivity contribution >= 4 is 69.6 Å². The monoisotopic (exact) mass is 1020 g/mol. The molecule has 388 valence electrons. The highest BCUT2D eigenvalue weighted by Crippen LogP contribution is 2.32. The predicted octanol–water partition coefficient (Wildman–Crippen LogP) is 7.12. The van der Waals surface area contributed by atoms with E-state index in [1.165, 1.54) is 11.1 Å². The van der Waals surface area contributed by atoms with E-state index in [1.807, 2.05) is 106 Å². The Bertz CT molecular complexity index is 2700. The van der Waals surface area contributed by atoms with Crippen LogP contribution in [0.2, 0.25) is 0 Å². The van der Waals surface area contributed by atoms with Crippen molar-refractivity contribution in [2.75, 3.05) is 62.4 Å². The number of ether oxygens (including phenoxy) is 1. The molecule has 5 amide bonds. The van der Waals surface area contributed by atoms with Gasteiger partial charge in [0.25, 0.3) is 5.91 Å². The van der Waals surface area contributed by atoms with Crippen LogP contribution in [0.1, 0.15) is 100 Å². The number of pyridine rings is 2. The molecule has 2 aliphatic rings. The zero-order valence-electron chi connectivity index (χ0n) is 42.9. The van der Waals surface area contributed by atoms with Crippen LogP contribution in [-0.2, 0) is 19.2 Å². The fourth-order valence-electron chi connectivity index (χ4n) is 9.15. The number of methoxy groups -OCH3 is 1. The van der Waals surface area contributed by atoms with Crippen LogP contribution in [0.5, 0.6) is 5.75 Å². The number of aryl methyl sites for hydroxylation is 1. The normalized spacial score (nSPS) is 16.6. The summed E-state index contributed by atoms with van der Waals surface area (Å²) in [6, 6.07) is 18.9. The number of hydrogen-bond acceptors (Lipinski definition) is 14. The fraction of sp³-hybridized carbons (Fsp3) is 0.444. The van der Waals surface area contributed by atoms with E-state index in [0.29, 0.717) is 79.8 Å². The molecule has 4 atom stereocenters. The third kappa shape index (κ3) is 13.9. The van der Waals surface area contributed by atoms with Gasteiger partial charge in [-0.05, 0) is 67.5 Å². The molecule has 2 saturated heterocycles. The van der Waals surface area contributed by atoms with Crippen molar-refractivity contribution in [3.05, 3.63) is 101 Å². The van der Waals surface area contributed by atoms with E-state index in [4.69, 9.17) is 4.74 Å². The van der Waals surface area contributed by atoms with Gasteiger partial charge in [0, 0.05) is 71.3 Å². The Labute approximate surface area is 431 Å². The first kappa shape index (κ1) is 53.7. The first-order valence-electron chi connectivity index (χ1n) is 25.0. The van der Waals surface area contributed by atoms with Gasteiger partial charge in [0.15, 0.2) is 0 Å². The summed E-state index contributed by atoms with van der Waals surface area (Å²) < 4.78 is 5.48. The number of likely N-dealkylation sites (tertiary alicyclic amines) is 1. The largest absolute Gasteiger partial charge is 0.495 e. The average Bonchev–Trinajstić information content (AvgIpc) is 4.01. The first-order chi connectivity index (χ1) is 35.0. The lowest BCUT2D eigenvalue weighted by atomic mass is 9.85. The standard InChI is InChI=1S/C54H69N11O7S/c1-34(36-18-20-37(21-19-36)49-35(2)58-33-73-49)59-52(70)43-28-39(66)32-65(43)53(71)50(54(3,4)5)62-47(67)16-10-8-9-11-17-48(68)64-26-24-63(25-27-64)38-22-23-45(56-30-38)61-46-29-42(40(31-57-46)51(69)55-6)60-41-14-12-13-15-44(41)72-7/h12-15,18-23,29-31,33-34,39,43,50,66H,8-11,16-17,24-28,32H2,1-7H3,(H,55,69)(H,59,70)(H,62,67)(H2,56,57,60,61)/t34-,39+,43-,50+/m0/s1. The molecular formula is C54H69N11O7S. The molecule has 0 unspecified atom stereocenters. The Morgan fingerprint density at radius 1 is 0.836 bits per heavy atom. The lowest BCUT2D eigenvalue weighted by molar-refractivity contribution is -0.144. The molecule has 2 fully saturated rings. The topological polar surface area (TPSA) is 223 Å². The minimum Gasteiger partial charge on any atom is -0.495 e. The zero-order chi connectivity index (χ0) is 52.2. The Kier molecular flexibility index (Phi) is 18.0. The molecule has 3 aromatic heterocycles. The molecule has 0 aliphatic carbocycles. The Hall–Kier alpha value is -7.12. The van der Waals surface area contributed by atoms with Crippen LogP contribution in [0.4, 0.5) is 28.7 Å². The number of hydrogen-bond donors (Lipinski definition) is 6. The number of piperazine rings is 1. The van der Waals surface area contributed by atoms with Gasteiger partial charge in [0.2, 0.25) is 23.6 Å². The maximum absolute atomic E-state index is 14.1. The molecule has 19 heteroatoms. The van der Waals surface area contributed by atoms with E-state index in [9.17, 15) is 29.1 Å². The van der Waals surface area contributed by atoms with Crippen molar-refractivity contribution in [1.82, 2.24) is 40.7 Å². The number of carbonyl (C=O) groups is 5. The number of rotatable bonds is 20. The smallest absolute Gasteiger partial charge is 0.254 e. The second kappa shape index (κ2) is 24.5. The van der Waals surface area contributed by atoms with Gasteiger partial charge in [0.05, 0.1) is 64.2 Å². The summed E-state index contributed by atoms with van der Waals surface area (Å²) >= 11 is 1.58. The number of nitrogens with one attached hydrogen (secondary N) is 5. The number of amides is 5. The quantitative estimate of drug-likeness (QED) is 0.0428. The summed E-state index contributed by atoms with van der Waals surface area (Å²) in [6.07, 6.45) is 6.04. The van der Waals surface area contributed by atoms with E-state index < -0.39 is 29.5 Å². The fourth-order valence-corrected chi connectivity index (χ4v) is 9.96. The number of benzene rings is 2. The van der Waals surface area contributed by atoms with E-state index >= 15 is 0 Å². The molecule has 0 spiro atoms. The van der Waals surface area contributed by atoms with Gasteiger partial charge in [-0.3, -0.25) is 24.0 Å². The lowest BCUT2D eigenvalue weighted by Gasteiger charge is -2.36. The Morgan fingerprint density at radius 2 is 1.55 bits per heavy atom. The second-order valence-electron chi connectivity index (χ2n) is 19.7. The Morgan fingerprint density at radius 3 is 2.21 bits per heavy atom. The first-order valence-corrected chi connectivity index (χ1v) is 25.9. The van der Waals surface area contributed by atoms with Crippen LogP contribution in [0.15, 0.2) is 84.6 Å². The summed E-state index contributed by atoms with van der Waals surface area (Å²) in [5, 5.41) is 25.8. The number of carbonyl (C=O) groups excluding carboxylic acids is 5. The number of aromatic nitrogens is 3. The lowest BCUT2D eigenvalue weighted by Crippen LogP contribution is -2.57. The molecule has 7 rings (SSSR count). The highest BCUT2D eigenvalue weighted by Gasteiger charge is 2.44. The second-order valence-corrected chi connectivity index (χ2v) is 20.6. The molecule has 6 N–H and O–H groups in total. The summed E-state index contributed by atoms with van der Waals surface area (Å²) in [5.74, 6) is 0.515. The van der Waals surface area contributed by atoms with Crippen LogP contribution in [-0.4, -0.2) is 124 Å². The summed E-state index contributed by atoms with van der Waals surface area (Å²) in [6.45, 7) is 12.0. The third-order valence-corrected chi connectivity index (χ3v) is 14.3. The van der Waals surface area contributed by atoms with Gasteiger partial charge in [-0.2, -0.15) is 0 Å². The molecular weight excluding hydrogens is 947 g/mol. The highest BCUT2D eigenvalue weighted by molar-refractivity contribution is 7.13. The maximum atomic E-state index is 14.1. The van der Waals surface area contributed by atoms with Gasteiger partial charge in [0.1, 0.15) is 29.5 Å². The van der Waals surface area contributed by atoms with E-state index in [0.717, 1.165) is 40.2 Å². The molecule has 0 bridgehead atoms. The number of anilines is 5. The van der Waals surface area contributed by atoms with Crippen LogP contribution < -0.4 is 36.2 Å². The number of aliphatic hydroxyl groups excluding tert-OH is 1. The van der Waals surface area contributed by atoms with Crippen LogP contribution in [0.25, 0.3) is 10.4 Å². The molecule has 5 aromatic rings. The maximum Gasteiger partial charge on any atom is 0.254 e. The molecule has 0 saturated carbocycles. The molecule has 2 aliphatic heterocycles. The summed E-state index contributed by atoms with van der Waals surface area (Å²) in [4.78, 5) is 87.0. The van der Waals surface area contributed by atoms with E-state index in [1.54, 1.807) is 37.8 Å². The number of β-amino-alcohol motifs (C(OH)–C–C–N with tert-alkyl or cyclic N) is 1. The van der Waals surface area contributed by atoms with Crippen molar-refractivity contribution in [2.24, 2.45) is 5.41 Å². The molecule has 0 radical (unpaired) electrons. The number of unbranched alkanes of at least 4 members (excludes halogenated alkanes) is 3. The summed E-state index contributed by atoms with van der Waals surface area (Å²) in [7, 11) is 3.15. The Balaban J connectivity index is 0.812. The summed E-state index contributed by atoms with van der Waals surface area (Å²) in [5.41, 5.74) is 6.62. The van der Waals surface area contributed by atoms with Crippen LogP contribution >= 0.6 is 11.3 Å². The molecule has 2 aromatic carbocycles. The van der Waals surface area contributed by atoms with E-state index in [-0.39, 0.29) is 49.1 Å². The molecule has 18 nitrogen and oxygen atoms in total. The van der Waals surface area contributed by atoms with Gasteiger partial charge >= 0.3 is 0 Å². The highest BCUT2D eigenvalue weighted by atomic mass is 32.1.